The predicted molar refractivity (Wildman–Crippen MR) is 94.7 cm³/mol. The summed E-state index contributed by atoms with van der Waals surface area (Å²) < 4.78 is 5.35. The van der Waals surface area contributed by atoms with Crippen LogP contribution in [0, 0.1) is 0 Å². The van der Waals surface area contributed by atoms with Gasteiger partial charge in [-0.05, 0) is 26.3 Å². The molecular weight excluding hydrogens is 324 g/mol. The lowest BCUT2D eigenvalue weighted by atomic mass is 9.85. The van der Waals surface area contributed by atoms with Crippen molar-refractivity contribution in [2.75, 3.05) is 53.0 Å². The van der Waals surface area contributed by atoms with Gasteiger partial charge in [0, 0.05) is 44.8 Å². The number of urea groups is 1. The highest BCUT2D eigenvalue weighted by molar-refractivity contribution is 5.74. The largest absolute Gasteiger partial charge is 0.480 e. The van der Waals surface area contributed by atoms with Crippen LogP contribution in [0.3, 0.4) is 0 Å². The number of carbonyl (C=O) groups is 2. The Balaban J connectivity index is 1.70. The van der Waals surface area contributed by atoms with Crippen molar-refractivity contribution in [3.8, 4) is 0 Å². The van der Waals surface area contributed by atoms with Crippen molar-refractivity contribution in [3.63, 3.8) is 0 Å². The summed E-state index contributed by atoms with van der Waals surface area (Å²) in [5.41, 5.74) is 0. The number of likely N-dealkylation sites (N-methyl/N-ethyl adjacent to an activating group) is 2. The molecule has 2 N–H and O–H groups in total. The molecule has 0 aromatic carbocycles. The maximum atomic E-state index is 12.4. The second-order valence-electron chi connectivity index (χ2n) is 7.10. The molecule has 2 aliphatic rings. The number of carboxylic acid groups (broad SMARTS) is 1. The summed E-state index contributed by atoms with van der Waals surface area (Å²) in [7, 11) is 1.83. The van der Waals surface area contributed by atoms with E-state index >= 15 is 0 Å². The highest BCUT2D eigenvalue weighted by atomic mass is 16.5. The van der Waals surface area contributed by atoms with Gasteiger partial charge in [0.25, 0.3) is 0 Å². The minimum absolute atomic E-state index is 0.0505. The average molecular weight is 356 g/mol. The van der Waals surface area contributed by atoms with Crippen LogP contribution in [-0.4, -0.2) is 103 Å². The molecule has 0 radical (unpaired) electrons. The maximum absolute atomic E-state index is 12.4. The molecular formula is C17H32N4O4. The van der Waals surface area contributed by atoms with Gasteiger partial charge in [-0.25, -0.2) is 4.79 Å². The summed E-state index contributed by atoms with van der Waals surface area (Å²) in [6, 6.07) is 0.472. The summed E-state index contributed by atoms with van der Waals surface area (Å²) >= 11 is 0. The van der Waals surface area contributed by atoms with E-state index in [-0.39, 0.29) is 30.7 Å². The van der Waals surface area contributed by atoms with Crippen LogP contribution in [0.1, 0.15) is 26.7 Å². The molecule has 8 nitrogen and oxygen atoms in total. The molecule has 25 heavy (non-hydrogen) atoms. The number of ether oxygens (including phenoxy) is 1. The van der Waals surface area contributed by atoms with Crippen molar-refractivity contribution in [1.82, 2.24) is 20.0 Å². The zero-order valence-corrected chi connectivity index (χ0v) is 15.6. The standard InChI is InChI=1S/C17H32N4O4/c1-4-21(12-16(22)23)15-9-14(10-15)18-17(24)19(3)13(2)11-20-5-7-25-8-6-20/h13-15H,4-12H2,1-3H3,(H,18,24)(H,22,23). The van der Waals surface area contributed by atoms with Crippen LogP contribution >= 0.6 is 0 Å². The van der Waals surface area contributed by atoms with Crippen LogP contribution in [0.5, 0.6) is 0 Å². The van der Waals surface area contributed by atoms with E-state index in [0.29, 0.717) is 6.54 Å². The first-order chi connectivity index (χ1) is 11.9. The second-order valence-corrected chi connectivity index (χ2v) is 7.10. The molecule has 1 heterocycles. The highest BCUT2D eigenvalue weighted by Crippen LogP contribution is 2.25. The van der Waals surface area contributed by atoms with Gasteiger partial charge in [-0.1, -0.05) is 6.92 Å². The summed E-state index contributed by atoms with van der Waals surface area (Å²) in [5, 5.41) is 12.0. The van der Waals surface area contributed by atoms with Crippen molar-refractivity contribution < 1.29 is 19.4 Å². The summed E-state index contributed by atoms with van der Waals surface area (Å²) in [6.07, 6.45) is 1.64. The maximum Gasteiger partial charge on any atom is 0.317 e. The Morgan fingerprint density at radius 2 is 1.96 bits per heavy atom. The third-order valence-electron chi connectivity index (χ3n) is 5.31. The van der Waals surface area contributed by atoms with Gasteiger partial charge in [-0.15, -0.1) is 0 Å². The third-order valence-corrected chi connectivity index (χ3v) is 5.31. The number of morpholine rings is 1. The number of hydrogen-bond donors (Lipinski definition) is 2. The van der Waals surface area contributed by atoms with Crippen molar-refractivity contribution in [2.24, 2.45) is 0 Å². The normalized spacial score (nSPS) is 25.3. The first-order valence-electron chi connectivity index (χ1n) is 9.20. The molecule has 1 aliphatic heterocycles. The van der Waals surface area contributed by atoms with Gasteiger partial charge in [-0.3, -0.25) is 14.6 Å². The molecule has 0 bridgehead atoms. The molecule has 1 saturated carbocycles. The van der Waals surface area contributed by atoms with Crippen molar-refractivity contribution >= 4 is 12.0 Å². The Labute approximate surface area is 150 Å². The fourth-order valence-electron chi connectivity index (χ4n) is 3.43. The summed E-state index contributed by atoms with van der Waals surface area (Å²) in [6.45, 7) is 9.02. The lowest BCUT2D eigenvalue weighted by molar-refractivity contribution is -0.139. The minimum Gasteiger partial charge on any atom is -0.480 e. The fraction of sp³-hybridized carbons (Fsp3) is 0.882. The molecule has 1 unspecified atom stereocenters. The van der Waals surface area contributed by atoms with Crippen LogP contribution in [0.15, 0.2) is 0 Å². The average Bonchev–Trinajstić information content (AvgIpc) is 2.55. The van der Waals surface area contributed by atoms with Crippen LogP contribution in [0.2, 0.25) is 0 Å². The van der Waals surface area contributed by atoms with E-state index in [9.17, 15) is 9.59 Å². The second kappa shape index (κ2) is 9.35. The quantitative estimate of drug-likeness (QED) is 0.650. The number of hydrogen-bond acceptors (Lipinski definition) is 5. The zero-order chi connectivity index (χ0) is 18.4. The number of carbonyl (C=O) groups excluding carboxylic acids is 1. The molecule has 2 rings (SSSR count). The van der Waals surface area contributed by atoms with Crippen molar-refractivity contribution in [1.29, 1.82) is 0 Å². The molecule has 144 valence electrons. The van der Waals surface area contributed by atoms with E-state index in [1.54, 1.807) is 4.90 Å². The van der Waals surface area contributed by atoms with Crippen LogP contribution in [0.25, 0.3) is 0 Å². The molecule has 8 heteroatoms. The Morgan fingerprint density at radius 1 is 1.32 bits per heavy atom. The van der Waals surface area contributed by atoms with E-state index in [1.165, 1.54) is 0 Å². The van der Waals surface area contributed by atoms with Crippen LogP contribution in [0.4, 0.5) is 4.79 Å². The molecule has 2 fully saturated rings. The van der Waals surface area contributed by atoms with Crippen molar-refractivity contribution in [2.45, 2.75) is 44.8 Å². The molecule has 1 aliphatic carbocycles. The molecule has 1 atom stereocenters. The Bertz CT molecular complexity index is 450. The summed E-state index contributed by atoms with van der Waals surface area (Å²) in [4.78, 5) is 29.3. The van der Waals surface area contributed by atoms with Gasteiger partial charge in [0.15, 0.2) is 0 Å². The van der Waals surface area contributed by atoms with E-state index in [2.05, 4.69) is 17.1 Å². The monoisotopic (exact) mass is 356 g/mol. The van der Waals surface area contributed by atoms with Crippen LogP contribution < -0.4 is 5.32 Å². The Morgan fingerprint density at radius 3 is 2.52 bits per heavy atom. The van der Waals surface area contributed by atoms with Gasteiger partial charge < -0.3 is 20.1 Å². The number of nitrogens with one attached hydrogen (secondary N) is 1. The van der Waals surface area contributed by atoms with Crippen LogP contribution in [-0.2, 0) is 9.53 Å². The molecule has 0 spiro atoms. The minimum atomic E-state index is -0.800. The third kappa shape index (κ3) is 5.83. The van der Waals surface area contributed by atoms with Crippen molar-refractivity contribution in [3.05, 3.63) is 0 Å². The van der Waals surface area contributed by atoms with E-state index in [4.69, 9.17) is 9.84 Å². The van der Waals surface area contributed by atoms with E-state index < -0.39 is 5.97 Å². The Kier molecular flexibility index (Phi) is 7.46. The summed E-state index contributed by atoms with van der Waals surface area (Å²) in [5.74, 6) is -0.800. The van der Waals surface area contributed by atoms with E-state index in [0.717, 1.165) is 45.7 Å². The van der Waals surface area contributed by atoms with Gasteiger partial charge in [0.05, 0.1) is 19.8 Å². The lowest BCUT2D eigenvalue weighted by Gasteiger charge is -2.43. The zero-order valence-electron chi connectivity index (χ0n) is 15.6. The molecule has 2 amide bonds. The molecule has 1 saturated heterocycles. The number of rotatable bonds is 8. The highest BCUT2D eigenvalue weighted by Gasteiger charge is 2.35. The number of amides is 2. The number of carboxylic acids is 1. The van der Waals surface area contributed by atoms with Gasteiger partial charge in [0.2, 0.25) is 0 Å². The Hall–Kier alpha value is -1.38. The SMILES string of the molecule is CCN(CC(=O)O)C1CC(NC(=O)N(C)C(C)CN2CCOCC2)C1. The number of aliphatic carboxylic acids is 1. The first-order valence-corrected chi connectivity index (χ1v) is 9.20. The smallest absolute Gasteiger partial charge is 0.317 e. The topological polar surface area (TPSA) is 85.4 Å². The first kappa shape index (κ1) is 19.9. The number of nitrogens with zero attached hydrogens (tertiary/aromatic N) is 3. The lowest BCUT2D eigenvalue weighted by Crippen LogP contribution is -2.58. The fourth-order valence-corrected chi connectivity index (χ4v) is 3.43. The molecule has 0 aromatic heterocycles. The van der Waals surface area contributed by atoms with Gasteiger partial charge in [0.1, 0.15) is 0 Å². The molecule has 0 aromatic rings. The van der Waals surface area contributed by atoms with Gasteiger partial charge in [-0.2, -0.15) is 0 Å². The van der Waals surface area contributed by atoms with Gasteiger partial charge >= 0.3 is 12.0 Å². The van der Waals surface area contributed by atoms with E-state index in [1.807, 2.05) is 18.9 Å². The predicted octanol–water partition coefficient (Wildman–Crippen LogP) is 0.286.